The molecule has 1 amide bonds. The molecule has 0 aliphatic heterocycles. The molecular formula is C21H20N4O4. The van der Waals surface area contributed by atoms with Crippen molar-refractivity contribution in [3.63, 3.8) is 0 Å². The lowest BCUT2D eigenvalue weighted by atomic mass is 10.2. The first kappa shape index (κ1) is 19.8. The number of carbonyl (C=O) groups excluding carboxylic acids is 2. The predicted molar refractivity (Wildman–Crippen MR) is 109 cm³/mol. The maximum absolute atomic E-state index is 12.3. The number of anilines is 3. The van der Waals surface area contributed by atoms with Gasteiger partial charge in [-0.2, -0.15) is 0 Å². The Kier molecular flexibility index (Phi) is 6.36. The Labute approximate surface area is 167 Å². The summed E-state index contributed by atoms with van der Waals surface area (Å²) >= 11 is 0. The summed E-state index contributed by atoms with van der Waals surface area (Å²) in [6.07, 6.45) is 0. The Bertz CT molecular complexity index is 988. The lowest BCUT2D eigenvalue weighted by molar-refractivity contribution is 0.0526. The van der Waals surface area contributed by atoms with Gasteiger partial charge in [-0.15, -0.1) is 10.2 Å². The van der Waals surface area contributed by atoms with Gasteiger partial charge in [0.05, 0.1) is 19.3 Å². The van der Waals surface area contributed by atoms with Crippen molar-refractivity contribution in [1.29, 1.82) is 0 Å². The van der Waals surface area contributed by atoms with Gasteiger partial charge < -0.3 is 20.1 Å². The molecule has 0 atom stereocenters. The smallest absolute Gasteiger partial charge is 0.338 e. The molecule has 8 heteroatoms. The van der Waals surface area contributed by atoms with Gasteiger partial charge in [0.1, 0.15) is 5.75 Å². The third-order valence-electron chi connectivity index (χ3n) is 3.89. The lowest BCUT2D eigenvalue weighted by Crippen LogP contribution is -2.14. The highest BCUT2D eigenvalue weighted by Crippen LogP contribution is 2.18. The number of amides is 1. The van der Waals surface area contributed by atoms with Gasteiger partial charge in [0.25, 0.3) is 5.91 Å². The van der Waals surface area contributed by atoms with Gasteiger partial charge in [-0.3, -0.25) is 4.79 Å². The number of ether oxygens (including phenoxy) is 2. The quantitative estimate of drug-likeness (QED) is 0.592. The van der Waals surface area contributed by atoms with Crippen LogP contribution in [-0.4, -0.2) is 35.8 Å². The zero-order chi connectivity index (χ0) is 20.6. The number of carbonyl (C=O) groups is 2. The molecule has 0 unspecified atom stereocenters. The Hall–Kier alpha value is -3.94. The second kappa shape index (κ2) is 9.32. The van der Waals surface area contributed by atoms with Crippen LogP contribution in [0.2, 0.25) is 0 Å². The summed E-state index contributed by atoms with van der Waals surface area (Å²) in [7, 11) is 1.56. The van der Waals surface area contributed by atoms with Gasteiger partial charge in [0.15, 0.2) is 11.5 Å². The van der Waals surface area contributed by atoms with Crippen LogP contribution in [-0.2, 0) is 4.74 Å². The average Bonchev–Trinajstić information content (AvgIpc) is 2.75. The van der Waals surface area contributed by atoms with Crippen molar-refractivity contribution >= 4 is 29.1 Å². The molecule has 0 saturated carbocycles. The van der Waals surface area contributed by atoms with E-state index in [1.54, 1.807) is 74.7 Å². The summed E-state index contributed by atoms with van der Waals surface area (Å²) in [4.78, 5) is 24.0. The molecule has 1 aromatic heterocycles. The van der Waals surface area contributed by atoms with E-state index < -0.39 is 0 Å². The highest BCUT2D eigenvalue weighted by molar-refractivity contribution is 6.02. The molecule has 0 bridgehead atoms. The number of nitrogens with zero attached hydrogens (tertiary/aromatic N) is 2. The summed E-state index contributed by atoms with van der Waals surface area (Å²) in [5.74, 6) is 0.357. The van der Waals surface area contributed by atoms with E-state index in [4.69, 9.17) is 9.47 Å². The number of methoxy groups -OCH3 is 1. The summed E-state index contributed by atoms with van der Waals surface area (Å²) in [6.45, 7) is 2.08. The number of nitrogens with one attached hydrogen (secondary N) is 2. The first-order valence-electron chi connectivity index (χ1n) is 8.92. The average molecular weight is 392 g/mol. The lowest BCUT2D eigenvalue weighted by Gasteiger charge is -2.08. The molecule has 0 radical (unpaired) electrons. The van der Waals surface area contributed by atoms with E-state index in [0.717, 1.165) is 5.69 Å². The zero-order valence-electron chi connectivity index (χ0n) is 16.0. The predicted octanol–water partition coefficient (Wildman–Crippen LogP) is 3.66. The van der Waals surface area contributed by atoms with Crippen LogP contribution < -0.4 is 15.4 Å². The number of esters is 1. The van der Waals surface area contributed by atoms with Gasteiger partial charge in [-0.25, -0.2) is 4.79 Å². The van der Waals surface area contributed by atoms with Crippen molar-refractivity contribution in [2.24, 2.45) is 0 Å². The number of aromatic nitrogens is 2. The van der Waals surface area contributed by atoms with Crippen LogP contribution in [0.3, 0.4) is 0 Å². The molecule has 3 aromatic rings. The molecule has 0 spiro atoms. The SMILES string of the molecule is CCOC(=O)c1ccc(Nc2ccc(C(=O)Nc3cccc(OC)c3)nn2)cc1. The van der Waals surface area contributed by atoms with E-state index in [9.17, 15) is 9.59 Å². The van der Waals surface area contributed by atoms with Crippen LogP contribution in [0.4, 0.5) is 17.2 Å². The monoisotopic (exact) mass is 392 g/mol. The van der Waals surface area contributed by atoms with Gasteiger partial charge in [-0.1, -0.05) is 6.07 Å². The van der Waals surface area contributed by atoms with Gasteiger partial charge in [0, 0.05) is 17.4 Å². The van der Waals surface area contributed by atoms with Crippen molar-refractivity contribution in [2.75, 3.05) is 24.4 Å². The normalized spacial score (nSPS) is 10.1. The molecule has 29 heavy (non-hydrogen) atoms. The van der Waals surface area contributed by atoms with Crippen LogP contribution in [0.25, 0.3) is 0 Å². The maximum atomic E-state index is 12.3. The molecule has 0 fully saturated rings. The van der Waals surface area contributed by atoms with E-state index in [1.807, 2.05) is 0 Å². The van der Waals surface area contributed by atoms with E-state index in [2.05, 4.69) is 20.8 Å². The Morgan fingerprint density at radius 1 is 0.966 bits per heavy atom. The zero-order valence-corrected chi connectivity index (χ0v) is 16.0. The number of benzene rings is 2. The van der Waals surface area contributed by atoms with Crippen LogP contribution in [0, 0.1) is 0 Å². The van der Waals surface area contributed by atoms with Crippen molar-refractivity contribution in [1.82, 2.24) is 10.2 Å². The molecule has 1 heterocycles. The summed E-state index contributed by atoms with van der Waals surface area (Å²) < 4.78 is 10.1. The minimum atomic E-state index is -0.379. The summed E-state index contributed by atoms with van der Waals surface area (Å²) in [5.41, 5.74) is 1.96. The number of rotatable bonds is 7. The van der Waals surface area contributed by atoms with Crippen molar-refractivity contribution in [2.45, 2.75) is 6.92 Å². The summed E-state index contributed by atoms with van der Waals surface area (Å²) in [6, 6.07) is 17.0. The van der Waals surface area contributed by atoms with Crippen LogP contribution in [0.15, 0.2) is 60.7 Å². The van der Waals surface area contributed by atoms with Crippen molar-refractivity contribution in [3.05, 3.63) is 71.9 Å². The number of hydrogen-bond acceptors (Lipinski definition) is 7. The fraction of sp³-hybridized carbons (Fsp3) is 0.143. The highest BCUT2D eigenvalue weighted by atomic mass is 16.5. The molecule has 0 saturated heterocycles. The largest absolute Gasteiger partial charge is 0.497 e. The molecule has 3 rings (SSSR count). The van der Waals surface area contributed by atoms with Crippen molar-refractivity contribution < 1.29 is 19.1 Å². The molecule has 2 N–H and O–H groups in total. The molecule has 0 aliphatic rings. The third kappa shape index (κ3) is 5.29. The Morgan fingerprint density at radius 3 is 2.41 bits per heavy atom. The Balaban J connectivity index is 1.62. The molecule has 8 nitrogen and oxygen atoms in total. The number of hydrogen-bond donors (Lipinski definition) is 2. The third-order valence-corrected chi connectivity index (χ3v) is 3.89. The minimum Gasteiger partial charge on any atom is -0.497 e. The van der Waals surface area contributed by atoms with E-state index in [0.29, 0.717) is 29.4 Å². The van der Waals surface area contributed by atoms with Crippen molar-refractivity contribution in [3.8, 4) is 5.75 Å². The molecular weight excluding hydrogens is 372 g/mol. The minimum absolute atomic E-state index is 0.177. The second-order valence-corrected chi connectivity index (χ2v) is 5.91. The fourth-order valence-electron chi connectivity index (χ4n) is 2.47. The molecule has 2 aromatic carbocycles. The topological polar surface area (TPSA) is 102 Å². The maximum Gasteiger partial charge on any atom is 0.338 e. The fourth-order valence-corrected chi connectivity index (χ4v) is 2.47. The first-order valence-corrected chi connectivity index (χ1v) is 8.92. The Morgan fingerprint density at radius 2 is 1.76 bits per heavy atom. The molecule has 148 valence electrons. The van der Waals surface area contributed by atoms with E-state index >= 15 is 0 Å². The second-order valence-electron chi connectivity index (χ2n) is 5.91. The standard InChI is InChI=1S/C21H20N4O4/c1-3-29-21(27)14-7-9-15(10-8-14)22-19-12-11-18(24-25-19)20(26)23-16-5-4-6-17(13-16)28-2/h4-13H,3H2,1-2H3,(H,22,25)(H,23,26). The van der Waals surface area contributed by atoms with Gasteiger partial charge in [0.2, 0.25) is 0 Å². The van der Waals surface area contributed by atoms with Crippen LogP contribution in [0.1, 0.15) is 27.8 Å². The van der Waals surface area contributed by atoms with Crippen LogP contribution >= 0.6 is 0 Å². The van der Waals surface area contributed by atoms with E-state index in [-0.39, 0.29) is 17.6 Å². The van der Waals surface area contributed by atoms with Gasteiger partial charge in [-0.05, 0) is 55.5 Å². The van der Waals surface area contributed by atoms with Crippen LogP contribution in [0.5, 0.6) is 5.75 Å². The van der Waals surface area contributed by atoms with Gasteiger partial charge >= 0.3 is 5.97 Å². The summed E-state index contributed by atoms with van der Waals surface area (Å²) in [5, 5.41) is 13.8. The first-order chi connectivity index (χ1) is 14.1. The highest BCUT2D eigenvalue weighted by Gasteiger charge is 2.10. The van der Waals surface area contributed by atoms with E-state index in [1.165, 1.54) is 0 Å². The molecule has 0 aliphatic carbocycles.